The molecule has 0 spiro atoms. The van der Waals surface area contributed by atoms with Crippen molar-refractivity contribution in [3.8, 4) is 0 Å². The van der Waals surface area contributed by atoms with E-state index in [2.05, 4.69) is 5.18 Å². The summed E-state index contributed by atoms with van der Waals surface area (Å²) in [6.07, 6.45) is 0. The normalized spacial score (nSPS) is 12.5. The molecule has 4 nitrogen and oxygen atoms in total. The summed E-state index contributed by atoms with van der Waals surface area (Å²) in [4.78, 5) is 10.0. The monoisotopic (exact) mass is 170 g/mol. The zero-order chi connectivity index (χ0) is 8.27. The van der Waals surface area contributed by atoms with E-state index < -0.39 is 11.1 Å². The van der Waals surface area contributed by atoms with Crippen LogP contribution in [0.5, 0.6) is 0 Å². The van der Waals surface area contributed by atoms with Crippen LogP contribution in [-0.4, -0.2) is 8.76 Å². The minimum absolute atomic E-state index is 0.150. The van der Waals surface area contributed by atoms with Crippen LogP contribution in [0.1, 0.15) is 0 Å². The van der Waals surface area contributed by atoms with E-state index in [1.54, 1.807) is 0 Å². The molecule has 11 heavy (non-hydrogen) atoms. The van der Waals surface area contributed by atoms with Crippen molar-refractivity contribution in [3.63, 3.8) is 0 Å². The van der Waals surface area contributed by atoms with Gasteiger partial charge in [-0.2, -0.15) is 0 Å². The zero-order valence-electron chi connectivity index (χ0n) is 5.39. The van der Waals surface area contributed by atoms with Crippen molar-refractivity contribution < 1.29 is 8.76 Å². The van der Waals surface area contributed by atoms with E-state index in [0.29, 0.717) is 0 Å². The quantitative estimate of drug-likeness (QED) is 0.496. The van der Waals surface area contributed by atoms with E-state index >= 15 is 0 Å². The standard InChI is InChI=1S/C6H5NO3S/c8-7-5-1-3-6(4-2-5)11(9)10/h1-4H,(H,9,10)/p-1. The van der Waals surface area contributed by atoms with Gasteiger partial charge in [0.1, 0.15) is 5.69 Å². The summed E-state index contributed by atoms with van der Waals surface area (Å²) in [7, 11) is 0. The van der Waals surface area contributed by atoms with E-state index in [0.717, 1.165) is 0 Å². The SMILES string of the molecule is O=Nc1ccc(S(=O)[O-])cc1. The van der Waals surface area contributed by atoms with Gasteiger partial charge in [0.2, 0.25) is 0 Å². The van der Waals surface area contributed by atoms with E-state index in [-0.39, 0.29) is 10.6 Å². The van der Waals surface area contributed by atoms with Crippen LogP contribution in [0.15, 0.2) is 34.3 Å². The van der Waals surface area contributed by atoms with Crippen molar-refractivity contribution in [2.45, 2.75) is 4.90 Å². The molecule has 0 aliphatic carbocycles. The smallest absolute Gasteiger partial charge is 0.108 e. The maximum atomic E-state index is 10.3. The molecule has 1 unspecified atom stereocenters. The Balaban J connectivity index is 3.00. The average molecular weight is 170 g/mol. The van der Waals surface area contributed by atoms with E-state index in [1.165, 1.54) is 24.3 Å². The number of hydrogen-bond acceptors (Lipinski definition) is 4. The van der Waals surface area contributed by atoms with Crippen molar-refractivity contribution in [2.75, 3.05) is 0 Å². The summed E-state index contributed by atoms with van der Waals surface area (Å²) < 4.78 is 20.6. The maximum absolute atomic E-state index is 10.3. The molecule has 0 amide bonds. The number of benzene rings is 1. The number of nitrogens with zero attached hydrogens (tertiary/aromatic N) is 1. The summed E-state index contributed by atoms with van der Waals surface area (Å²) in [5, 5.41) is 2.62. The highest BCUT2D eigenvalue weighted by Crippen LogP contribution is 2.13. The maximum Gasteiger partial charge on any atom is 0.108 e. The molecule has 1 atom stereocenters. The molecule has 0 aliphatic rings. The first-order valence-corrected chi connectivity index (χ1v) is 3.84. The van der Waals surface area contributed by atoms with E-state index in [9.17, 15) is 13.7 Å². The van der Waals surface area contributed by atoms with Crippen molar-refractivity contribution in [1.29, 1.82) is 0 Å². The molecule has 0 fully saturated rings. The number of hydrogen-bond donors (Lipinski definition) is 0. The lowest BCUT2D eigenvalue weighted by Gasteiger charge is -2.02. The average Bonchev–Trinajstić information content (AvgIpc) is 2.05. The van der Waals surface area contributed by atoms with Crippen LogP contribution in [0.3, 0.4) is 0 Å². The lowest BCUT2D eigenvalue weighted by Crippen LogP contribution is -1.86. The first-order valence-electron chi connectivity index (χ1n) is 2.77. The molecule has 0 radical (unpaired) electrons. The van der Waals surface area contributed by atoms with Crippen molar-refractivity contribution in [1.82, 2.24) is 0 Å². The van der Waals surface area contributed by atoms with Crippen molar-refractivity contribution >= 4 is 16.8 Å². The molecule has 0 aliphatic heterocycles. The summed E-state index contributed by atoms with van der Waals surface area (Å²) in [5.41, 5.74) is 0.221. The fourth-order valence-electron chi connectivity index (χ4n) is 0.618. The summed E-state index contributed by atoms with van der Waals surface area (Å²) in [6.45, 7) is 0. The van der Waals surface area contributed by atoms with Crippen molar-refractivity contribution in [2.24, 2.45) is 5.18 Å². The predicted octanol–water partition coefficient (Wildman–Crippen LogP) is 1.32. The molecule has 0 bridgehead atoms. The van der Waals surface area contributed by atoms with Crippen LogP contribution in [0, 0.1) is 4.91 Å². The number of nitroso groups, excluding NO2 is 1. The highest BCUT2D eigenvalue weighted by atomic mass is 32.2. The van der Waals surface area contributed by atoms with Crippen LogP contribution in [0.25, 0.3) is 0 Å². The Morgan fingerprint density at radius 1 is 1.27 bits per heavy atom. The first-order chi connectivity index (χ1) is 5.24. The van der Waals surface area contributed by atoms with Gasteiger partial charge in [-0.1, -0.05) is 0 Å². The second-order valence-electron chi connectivity index (χ2n) is 1.82. The first kappa shape index (κ1) is 8.03. The Morgan fingerprint density at radius 3 is 2.18 bits per heavy atom. The lowest BCUT2D eigenvalue weighted by molar-refractivity contribution is 0.537. The van der Waals surface area contributed by atoms with Crippen LogP contribution >= 0.6 is 0 Å². The largest absolute Gasteiger partial charge is 0.768 e. The topological polar surface area (TPSA) is 69.6 Å². The molecule has 0 saturated carbocycles. The van der Waals surface area contributed by atoms with Gasteiger partial charge in [0.05, 0.1) is 0 Å². The van der Waals surface area contributed by atoms with Gasteiger partial charge < -0.3 is 4.55 Å². The van der Waals surface area contributed by atoms with Crippen LogP contribution in [0.2, 0.25) is 0 Å². The van der Waals surface area contributed by atoms with E-state index in [4.69, 9.17) is 0 Å². The highest BCUT2D eigenvalue weighted by molar-refractivity contribution is 7.79. The Labute approximate surface area is 65.5 Å². The number of rotatable bonds is 2. The molecule has 5 heteroatoms. The van der Waals surface area contributed by atoms with Gasteiger partial charge in [-0.3, -0.25) is 4.21 Å². The summed E-state index contributed by atoms with van der Waals surface area (Å²) in [6, 6.07) is 5.33. The molecule has 1 aromatic carbocycles. The third-order valence-corrected chi connectivity index (χ3v) is 1.79. The molecule has 0 saturated heterocycles. The minimum Gasteiger partial charge on any atom is -0.768 e. The molecule has 0 aromatic heterocycles. The molecule has 1 rings (SSSR count). The molecule has 0 heterocycles. The van der Waals surface area contributed by atoms with E-state index in [1.807, 2.05) is 0 Å². The van der Waals surface area contributed by atoms with Gasteiger partial charge in [0.15, 0.2) is 0 Å². The Morgan fingerprint density at radius 2 is 1.82 bits per heavy atom. The lowest BCUT2D eigenvalue weighted by atomic mass is 10.3. The third-order valence-electron chi connectivity index (χ3n) is 1.13. The van der Waals surface area contributed by atoms with Gasteiger partial charge in [-0.15, -0.1) is 4.91 Å². The van der Waals surface area contributed by atoms with Crippen LogP contribution < -0.4 is 0 Å². The Kier molecular flexibility index (Phi) is 2.45. The zero-order valence-corrected chi connectivity index (χ0v) is 6.21. The summed E-state index contributed by atoms with van der Waals surface area (Å²) in [5.74, 6) is 0. The Bertz CT molecular complexity index is 282. The second-order valence-corrected chi connectivity index (χ2v) is 2.76. The third kappa shape index (κ3) is 1.92. The van der Waals surface area contributed by atoms with Gasteiger partial charge in [-0.25, -0.2) is 0 Å². The van der Waals surface area contributed by atoms with Crippen LogP contribution in [0.4, 0.5) is 5.69 Å². The molecular weight excluding hydrogens is 166 g/mol. The van der Waals surface area contributed by atoms with Gasteiger partial charge in [-0.05, 0) is 40.5 Å². The fourth-order valence-corrected chi connectivity index (χ4v) is 0.976. The molecule has 1 aromatic rings. The highest BCUT2D eigenvalue weighted by Gasteiger charge is 1.92. The van der Waals surface area contributed by atoms with Gasteiger partial charge in [0.25, 0.3) is 0 Å². The van der Waals surface area contributed by atoms with Gasteiger partial charge in [0, 0.05) is 4.90 Å². The summed E-state index contributed by atoms with van der Waals surface area (Å²) >= 11 is -2.23. The molecule has 58 valence electrons. The fraction of sp³-hybridized carbons (Fsp3) is 0. The molecular formula is C6H4NO3S-. The molecule has 0 N–H and O–H groups in total. The van der Waals surface area contributed by atoms with Crippen molar-refractivity contribution in [3.05, 3.63) is 29.2 Å². The Hall–Kier alpha value is -1.07. The second kappa shape index (κ2) is 3.36. The minimum atomic E-state index is -2.23. The predicted molar refractivity (Wildman–Crippen MR) is 39.1 cm³/mol. The van der Waals surface area contributed by atoms with Gasteiger partial charge >= 0.3 is 0 Å². The van der Waals surface area contributed by atoms with Crippen LogP contribution in [-0.2, 0) is 11.1 Å².